The van der Waals surface area contributed by atoms with E-state index in [9.17, 15) is 9.59 Å². The van der Waals surface area contributed by atoms with Gasteiger partial charge in [0, 0.05) is 23.5 Å². The van der Waals surface area contributed by atoms with Gasteiger partial charge in [-0.25, -0.2) is 0 Å². The maximum Gasteiger partial charge on any atom is 0.257 e. The zero-order valence-electron chi connectivity index (χ0n) is 16.9. The topological polar surface area (TPSA) is 71.8 Å². The van der Waals surface area contributed by atoms with Crippen LogP contribution in [0.15, 0.2) is 75.8 Å². The molecule has 2 aromatic carbocycles. The smallest absolute Gasteiger partial charge is 0.257 e. The SMILES string of the molecule is O=C(NCc1ccco1)C1CCN(C(=O)c2ccccc2Oc2cccc(Br)c2)CC1. The molecule has 1 aliphatic heterocycles. The molecule has 2 amide bonds. The van der Waals surface area contributed by atoms with Crippen molar-refractivity contribution in [2.75, 3.05) is 13.1 Å². The Kier molecular flexibility index (Phi) is 6.72. The van der Waals surface area contributed by atoms with Crippen molar-refractivity contribution in [1.29, 1.82) is 0 Å². The molecule has 1 aliphatic rings. The van der Waals surface area contributed by atoms with Crippen LogP contribution in [0.1, 0.15) is 29.0 Å². The average molecular weight is 483 g/mol. The number of nitrogens with zero attached hydrogens (tertiary/aromatic N) is 1. The minimum atomic E-state index is -0.104. The van der Waals surface area contributed by atoms with E-state index in [1.165, 1.54) is 0 Å². The monoisotopic (exact) mass is 482 g/mol. The Morgan fingerprint density at radius 1 is 1.06 bits per heavy atom. The third-order valence-electron chi connectivity index (χ3n) is 5.31. The second kappa shape index (κ2) is 9.83. The van der Waals surface area contributed by atoms with Crippen LogP contribution >= 0.6 is 15.9 Å². The quantitative estimate of drug-likeness (QED) is 0.536. The van der Waals surface area contributed by atoms with Crippen molar-refractivity contribution >= 4 is 27.7 Å². The number of likely N-dealkylation sites (tertiary alicyclic amines) is 1. The van der Waals surface area contributed by atoms with E-state index in [0.717, 1.165) is 10.2 Å². The first-order valence-electron chi connectivity index (χ1n) is 10.2. The van der Waals surface area contributed by atoms with Crippen molar-refractivity contribution < 1.29 is 18.7 Å². The van der Waals surface area contributed by atoms with Crippen molar-refractivity contribution in [1.82, 2.24) is 10.2 Å². The third-order valence-corrected chi connectivity index (χ3v) is 5.80. The zero-order chi connectivity index (χ0) is 21.6. The molecule has 4 rings (SSSR count). The lowest BCUT2D eigenvalue weighted by molar-refractivity contribution is -0.126. The number of amides is 2. The van der Waals surface area contributed by atoms with Gasteiger partial charge >= 0.3 is 0 Å². The van der Waals surface area contributed by atoms with Crippen LogP contribution in [0.2, 0.25) is 0 Å². The van der Waals surface area contributed by atoms with Crippen molar-refractivity contribution in [2.45, 2.75) is 19.4 Å². The first-order valence-corrected chi connectivity index (χ1v) is 11.0. The minimum absolute atomic E-state index is 0.00175. The van der Waals surface area contributed by atoms with Crippen molar-refractivity contribution in [3.8, 4) is 11.5 Å². The number of nitrogens with one attached hydrogen (secondary N) is 1. The summed E-state index contributed by atoms with van der Waals surface area (Å²) in [5.74, 6) is 1.71. The molecule has 1 saturated heterocycles. The Bertz CT molecular complexity index is 1040. The summed E-state index contributed by atoms with van der Waals surface area (Å²) < 4.78 is 12.1. The summed E-state index contributed by atoms with van der Waals surface area (Å²) in [6.07, 6.45) is 2.85. The Hall–Kier alpha value is -3.06. The standard InChI is InChI=1S/C24H23BrN2O4/c25-18-5-3-6-19(15-18)31-22-9-2-1-8-21(22)24(29)27-12-10-17(11-13-27)23(28)26-16-20-7-4-14-30-20/h1-9,14-15,17H,10-13,16H2,(H,26,28). The van der Waals surface area contributed by atoms with Gasteiger partial charge in [-0.1, -0.05) is 34.1 Å². The summed E-state index contributed by atoms with van der Waals surface area (Å²) in [4.78, 5) is 27.4. The molecule has 0 saturated carbocycles. The lowest BCUT2D eigenvalue weighted by atomic mass is 9.95. The number of hydrogen-bond acceptors (Lipinski definition) is 4. The van der Waals surface area contributed by atoms with E-state index in [1.54, 1.807) is 29.4 Å². The van der Waals surface area contributed by atoms with Crippen LogP contribution in [-0.4, -0.2) is 29.8 Å². The van der Waals surface area contributed by atoms with Crippen LogP contribution in [0, 0.1) is 5.92 Å². The third kappa shape index (κ3) is 5.35. The van der Waals surface area contributed by atoms with Crippen LogP contribution in [0.4, 0.5) is 0 Å². The van der Waals surface area contributed by atoms with E-state index >= 15 is 0 Å². The number of rotatable bonds is 6. The van der Waals surface area contributed by atoms with Gasteiger partial charge in [-0.15, -0.1) is 0 Å². The molecule has 7 heteroatoms. The molecule has 1 aromatic heterocycles. The van der Waals surface area contributed by atoms with Gasteiger partial charge in [-0.05, 0) is 55.3 Å². The predicted molar refractivity (Wildman–Crippen MR) is 120 cm³/mol. The molecular weight excluding hydrogens is 460 g/mol. The summed E-state index contributed by atoms with van der Waals surface area (Å²) >= 11 is 3.43. The maximum atomic E-state index is 13.2. The molecule has 2 heterocycles. The number of carbonyl (C=O) groups is 2. The van der Waals surface area contributed by atoms with Crippen molar-refractivity contribution in [3.05, 3.63) is 82.7 Å². The normalized spacial score (nSPS) is 14.3. The van der Waals surface area contributed by atoms with Crippen LogP contribution in [0.3, 0.4) is 0 Å². The number of benzene rings is 2. The molecule has 1 fully saturated rings. The van der Waals surface area contributed by atoms with Crippen LogP contribution in [0.5, 0.6) is 11.5 Å². The summed E-state index contributed by atoms with van der Waals surface area (Å²) in [7, 11) is 0. The second-order valence-electron chi connectivity index (χ2n) is 7.42. The van der Waals surface area contributed by atoms with Gasteiger partial charge in [0.1, 0.15) is 17.3 Å². The maximum absolute atomic E-state index is 13.2. The first-order chi connectivity index (χ1) is 15.1. The van der Waals surface area contributed by atoms with Crippen molar-refractivity contribution in [2.24, 2.45) is 5.92 Å². The molecule has 31 heavy (non-hydrogen) atoms. The van der Waals surface area contributed by atoms with E-state index in [4.69, 9.17) is 9.15 Å². The molecule has 0 spiro atoms. The molecule has 0 aliphatic carbocycles. The fourth-order valence-electron chi connectivity index (χ4n) is 3.64. The van der Waals surface area contributed by atoms with Crippen LogP contribution in [0.25, 0.3) is 0 Å². The fraction of sp³-hybridized carbons (Fsp3) is 0.250. The molecule has 1 N–H and O–H groups in total. The van der Waals surface area contributed by atoms with E-state index in [0.29, 0.717) is 49.5 Å². The van der Waals surface area contributed by atoms with Crippen molar-refractivity contribution in [3.63, 3.8) is 0 Å². The summed E-state index contributed by atoms with van der Waals surface area (Å²) in [5, 5.41) is 2.91. The van der Waals surface area contributed by atoms with E-state index < -0.39 is 0 Å². The highest BCUT2D eigenvalue weighted by Gasteiger charge is 2.29. The number of ether oxygens (including phenoxy) is 1. The highest BCUT2D eigenvalue weighted by atomic mass is 79.9. The molecular formula is C24H23BrN2O4. The van der Waals surface area contributed by atoms with E-state index in [1.807, 2.05) is 42.5 Å². The van der Waals surface area contributed by atoms with Gasteiger partial charge in [0.2, 0.25) is 5.91 Å². The molecule has 0 atom stereocenters. The Morgan fingerprint density at radius 3 is 2.61 bits per heavy atom. The van der Waals surface area contributed by atoms with Gasteiger partial charge in [0.05, 0.1) is 18.4 Å². The highest BCUT2D eigenvalue weighted by Crippen LogP contribution is 2.29. The Morgan fingerprint density at radius 2 is 1.87 bits per heavy atom. The average Bonchev–Trinajstić information content (AvgIpc) is 3.31. The molecule has 160 valence electrons. The molecule has 6 nitrogen and oxygen atoms in total. The summed E-state index contributed by atoms with van der Waals surface area (Å²) in [6.45, 7) is 1.44. The first kappa shape index (κ1) is 21.2. The number of para-hydroxylation sites is 1. The number of halogens is 1. The second-order valence-corrected chi connectivity index (χ2v) is 8.33. The number of carbonyl (C=O) groups excluding carboxylic acids is 2. The molecule has 3 aromatic rings. The van der Waals surface area contributed by atoms with Gasteiger partial charge in [-0.3, -0.25) is 9.59 Å². The predicted octanol–water partition coefficient (Wildman–Crippen LogP) is 5.00. The lowest BCUT2D eigenvalue weighted by Crippen LogP contribution is -2.43. The highest BCUT2D eigenvalue weighted by molar-refractivity contribution is 9.10. The van der Waals surface area contributed by atoms with E-state index in [2.05, 4.69) is 21.2 Å². The molecule has 0 radical (unpaired) electrons. The largest absolute Gasteiger partial charge is 0.467 e. The number of piperidine rings is 1. The Labute approximate surface area is 189 Å². The summed E-state index contributed by atoms with van der Waals surface area (Å²) in [5.41, 5.74) is 0.517. The van der Waals surface area contributed by atoms with Gasteiger partial charge < -0.3 is 19.4 Å². The Balaban J connectivity index is 1.36. The summed E-state index contributed by atoms with van der Waals surface area (Å²) in [6, 6.07) is 18.4. The van der Waals surface area contributed by atoms with Gasteiger partial charge in [0.15, 0.2) is 0 Å². The lowest BCUT2D eigenvalue weighted by Gasteiger charge is -2.31. The van der Waals surface area contributed by atoms with Crippen LogP contribution < -0.4 is 10.1 Å². The van der Waals surface area contributed by atoms with Gasteiger partial charge in [0.25, 0.3) is 5.91 Å². The zero-order valence-corrected chi connectivity index (χ0v) is 18.5. The molecule has 0 unspecified atom stereocenters. The van der Waals surface area contributed by atoms with E-state index in [-0.39, 0.29) is 17.7 Å². The molecule has 0 bridgehead atoms. The minimum Gasteiger partial charge on any atom is -0.467 e. The number of hydrogen-bond donors (Lipinski definition) is 1. The van der Waals surface area contributed by atoms with Gasteiger partial charge in [-0.2, -0.15) is 0 Å². The van der Waals surface area contributed by atoms with Crippen LogP contribution in [-0.2, 0) is 11.3 Å². The fourth-order valence-corrected chi connectivity index (χ4v) is 4.01. The number of furan rings is 1.